The molecule has 0 spiro atoms. The van der Waals surface area contributed by atoms with Crippen LogP contribution in [0.1, 0.15) is 41.9 Å². The summed E-state index contributed by atoms with van der Waals surface area (Å²) in [5.41, 5.74) is 3.37. The summed E-state index contributed by atoms with van der Waals surface area (Å²) in [5, 5.41) is 6.94. The molecule has 220 valence electrons. The van der Waals surface area contributed by atoms with E-state index in [1.807, 2.05) is 55.5 Å². The third-order valence-corrected chi connectivity index (χ3v) is 9.15. The minimum atomic E-state index is -0.377. The average Bonchev–Trinajstić information content (AvgIpc) is 3.37. The van der Waals surface area contributed by atoms with Crippen molar-refractivity contribution in [3.8, 4) is 11.5 Å². The van der Waals surface area contributed by atoms with E-state index in [2.05, 4.69) is 15.6 Å². The summed E-state index contributed by atoms with van der Waals surface area (Å²) in [6.45, 7) is 6.46. The van der Waals surface area contributed by atoms with Crippen molar-refractivity contribution in [2.75, 3.05) is 23.3 Å². The second kappa shape index (κ2) is 11.7. The second-order valence-corrected chi connectivity index (χ2v) is 12.2. The highest BCUT2D eigenvalue weighted by atomic mass is 35.5. The van der Waals surface area contributed by atoms with Gasteiger partial charge < -0.3 is 20.3 Å². The molecule has 1 saturated heterocycles. The van der Waals surface area contributed by atoms with E-state index in [0.29, 0.717) is 51.0 Å². The summed E-state index contributed by atoms with van der Waals surface area (Å²) in [7, 11) is 0. The van der Waals surface area contributed by atoms with Crippen molar-refractivity contribution in [1.82, 2.24) is 15.2 Å². The van der Waals surface area contributed by atoms with Crippen LogP contribution in [0.2, 0.25) is 0 Å². The number of carbonyl (C=O) groups excluding carboxylic acids is 3. The van der Waals surface area contributed by atoms with E-state index in [4.69, 9.17) is 16.3 Å². The van der Waals surface area contributed by atoms with Crippen molar-refractivity contribution < 1.29 is 19.1 Å². The zero-order valence-corrected chi connectivity index (χ0v) is 25.5. The number of aromatic nitrogens is 1. The summed E-state index contributed by atoms with van der Waals surface area (Å²) in [5.74, 6) is 0.836. The number of allylic oxidation sites excluding steroid dienone is 1. The molecule has 2 aliphatic heterocycles. The number of para-hydroxylation sites is 1. The van der Waals surface area contributed by atoms with Crippen LogP contribution in [0.3, 0.4) is 0 Å². The first-order valence-corrected chi connectivity index (χ1v) is 15.2. The van der Waals surface area contributed by atoms with Gasteiger partial charge in [-0.05, 0) is 75.6 Å². The molecule has 2 aliphatic rings. The van der Waals surface area contributed by atoms with Crippen LogP contribution >= 0.6 is 22.9 Å². The van der Waals surface area contributed by atoms with Crippen LogP contribution < -0.4 is 20.3 Å². The smallest absolute Gasteiger partial charge is 0.331 e. The zero-order valence-electron chi connectivity index (χ0n) is 23.9. The van der Waals surface area contributed by atoms with Crippen molar-refractivity contribution in [2.45, 2.75) is 39.7 Å². The number of halogens is 1. The number of amides is 4. The second-order valence-electron chi connectivity index (χ2n) is 10.8. The number of rotatable bonds is 6. The Bertz CT molecular complexity index is 1780. The number of aryl methyl sites for hydroxylation is 1. The lowest BCUT2D eigenvalue weighted by Crippen LogP contribution is -2.49. The monoisotopic (exact) mass is 615 g/mol. The Hall–Kier alpha value is -4.41. The molecule has 4 heterocycles. The molecule has 2 aromatic heterocycles. The highest BCUT2D eigenvalue weighted by molar-refractivity contribution is 7.21. The van der Waals surface area contributed by atoms with Gasteiger partial charge in [-0.2, -0.15) is 0 Å². The third-order valence-electron chi connectivity index (χ3n) is 7.51. The molecule has 9 nitrogen and oxygen atoms in total. The average molecular weight is 616 g/mol. The van der Waals surface area contributed by atoms with E-state index < -0.39 is 0 Å². The van der Waals surface area contributed by atoms with Crippen LogP contribution in [0, 0.1) is 6.92 Å². The molecular formula is C32H30ClN5O4S. The van der Waals surface area contributed by atoms with E-state index >= 15 is 0 Å². The minimum absolute atomic E-state index is 0.209. The van der Waals surface area contributed by atoms with Crippen molar-refractivity contribution in [1.29, 1.82) is 0 Å². The fraction of sp³-hybridized carbons (Fsp3) is 0.250. The summed E-state index contributed by atoms with van der Waals surface area (Å²) in [6.07, 6.45) is 3.12. The predicted octanol–water partition coefficient (Wildman–Crippen LogP) is 7.33. The Balaban J connectivity index is 1.26. The van der Waals surface area contributed by atoms with E-state index in [1.54, 1.807) is 35.9 Å². The minimum Gasteiger partial charge on any atom is -0.457 e. The largest absolute Gasteiger partial charge is 0.457 e. The molecule has 11 heteroatoms. The molecule has 0 radical (unpaired) electrons. The number of benzene rings is 2. The third kappa shape index (κ3) is 5.55. The van der Waals surface area contributed by atoms with Gasteiger partial charge in [-0.3, -0.25) is 14.5 Å². The van der Waals surface area contributed by atoms with Gasteiger partial charge in [-0.15, -0.1) is 11.3 Å². The Labute approximate surface area is 258 Å². The number of nitrogens with one attached hydrogen (secondary N) is 2. The van der Waals surface area contributed by atoms with E-state index in [0.717, 1.165) is 29.7 Å². The number of likely N-dealkylation sites (tertiary alicyclic amines) is 1. The van der Waals surface area contributed by atoms with E-state index in [1.165, 1.54) is 11.3 Å². The fourth-order valence-electron chi connectivity index (χ4n) is 5.43. The van der Waals surface area contributed by atoms with Gasteiger partial charge in [0, 0.05) is 25.3 Å². The number of nitrogens with zero attached hydrogens (tertiary/aromatic N) is 3. The molecule has 6 rings (SSSR count). The van der Waals surface area contributed by atoms with Crippen LogP contribution in [0.5, 0.6) is 11.5 Å². The number of anilines is 3. The van der Waals surface area contributed by atoms with Crippen molar-refractivity contribution in [3.05, 3.63) is 81.8 Å². The van der Waals surface area contributed by atoms with Gasteiger partial charge in [0.1, 0.15) is 26.2 Å². The van der Waals surface area contributed by atoms with E-state index in [-0.39, 0.29) is 28.9 Å². The lowest BCUT2D eigenvalue weighted by molar-refractivity contribution is -0.127. The van der Waals surface area contributed by atoms with Gasteiger partial charge in [0.15, 0.2) is 0 Å². The molecule has 4 amide bonds. The molecule has 0 aliphatic carbocycles. The number of piperidine rings is 1. The summed E-state index contributed by atoms with van der Waals surface area (Å²) in [4.78, 5) is 48.7. The van der Waals surface area contributed by atoms with Gasteiger partial charge in [0.05, 0.1) is 22.4 Å². The number of carbonyl (C=O) groups is 3. The number of urea groups is 1. The summed E-state index contributed by atoms with van der Waals surface area (Å²) in [6, 6.07) is 16.2. The van der Waals surface area contributed by atoms with Crippen LogP contribution in [-0.2, 0) is 4.79 Å². The molecular weight excluding hydrogens is 586 g/mol. The summed E-state index contributed by atoms with van der Waals surface area (Å²) < 4.78 is 5.97. The van der Waals surface area contributed by atoms with Gasteiger partial charge in [0.25, 0.3) is 11.8 Å². The normalized spacial score (nSPS) is 16.1. The molecule has 0 bridgehead atoms. The molecule has 43 heavy (non-hydrogen) atoms. The number of thiophene rings is 1. The van der Waals surface area contributed by atoms with E-state index in [9.17, 15) is 14.4 Å². The predicted molar refractivity (Wildman–Crippen MR) is 170 cm³/mol. The molecule has 0 saturated carbocycles. The van der Waals surface area contributed by atoms with Crippen molar-refractivity contribution in [2.24, 2.45) is 0 Å². The highest BCUT2D eigenvalue weighted by Gasteiger charge is 2.34. The van der Waals surface area contributed by atoms with Crippen LogP contribution in [0.4, 0.5) is 21.9 Å². The quantitative estimate of drug-likeness (QED) is 0.221. The van der Waals surface area contributed by atoms with Gasteiger partial charge in [-0.1, -0.05) is 35.4 Å². The lowest BCUT2D eigenvalue weighted by Gasteiger charge is -2.33. The fourth-order valence-corrected chi connectivity index (χ4v) is 6.58. The van der Waals surface area contributed by atoms with Crippen molar-refractivity contribution >= 4 is 68.1 Å². The number of pyridine rings is 1. The first kappa shape index (κ1) is 28.7. The Morgan fingerprint density at radius 1 is 1.09 bits per heavy atom. The standard InChI is InChI=1S/C32H30ClN5O4S/c1-18(2)26(33)31(40)37-15-7-8-20(17-37)35-29(39)28-27-25-24(13-14-34-30(25)43-28)38(32(41)36-27)23-12-11-22(16-19(23)3)42-21-9-5-4-6-10-21/h4-6,9-14,16,20H,7-8,15,17H2,1-3H3,(H,35,39)(H,36,41)/t20-/m1/s1. The topological polar surface area (TPSA) is 104 Å². The molecule has 2 N–H and O–H groups in total. The molecule has 4 aromatic rings. The van der Waals surface area contributed by atoms with Gasteiger partial charge in [-0.25, -0.2) is 9.78 Å². The molecule has 1 fully saturated rings. The Morgan fingerprint density at radius 3 is 2.63 bits per heavy atom. The van der Waals surface area contributed by atoms with Crippen LogP contribution in [-0.4, -0.2) is 46.9 Å². The highest BCUT2D eigenvalue weighted by Crippen LogP contribution is 2.46. The number of hydrogen-bond donors (Lipinski definition) is 2. The maximum absolute atomic E-state index is 13.6. The molecule has 1 atom stereocenters. The maximum Gasteiger partial charge on any atom is 0.331 e. The number of ether oxygens (including phenoxy) is 1. The van der Waals surface area contributed by atoms with Gasteiger partial charge in [0.2, 0.25) is 0 Å². The van der Waals surface area contributed by atoms with Crippen LogP contribution in [0.25, 0.3) is 10.2 Å². The number of hydrogen-bond acceptors (Lipinski definition) is 6. The Morgan fingerprint density at radius 2 is 1.88 bits per heavy atom. The summed E-state index contributed by atoms with van der Waals surface area (Å²) >= 11 is 7.45. The zero-order chi connectivity index (χ0) is 30.2. The Kier molecular flexibility index (Phi) is 7.81. The SMILES string of the molecule is CC(C)=C(Cl)C(=O)N1CCC[C@@H](NC(=O)c2sc3nccc4c3c2NC(=O)N4c2ccc(Oc3ccccc3)cc2C)C1. The first-order chi connectivity index (χ1) is 20.7. The van der Waals surface area contributed by atoms with Crippen LogP contribution in [0.15, 0.2) is 71.4 Å². The van der Waals surface area contributed by atoms with Gasteiger partial charge >= 0.3 is 6.03 Å². The van der Waals surface area contributed by atoms with Crippen molar-refractivity contribution in [3.63, 3.8) is 0 Å². The molecule has 0 unspecified atom stereocenters. The lowest BCUT2D eigenvalue weighted by atomic mass is 10.0. The molecule has 2 aromatic carbocycles. The maximum atomic E-state index is 13.6. The first-order valence-electron chi connectivity index (χ1n) is 14.0.